The van der Waals surface area contributed by atoms with Crippen LogP contribution < -0.4 is 5.32 Å². The molecule has 1 N–H and O–H groups in total. The Morgan fingerprint density at radius 1 is 1.18 bits per heavy atom. The highest BCUT2D eigenvalue weighted by Crippen LogP contribution is 2.21. The van der Waals surface area contributed by atoms with Gasteiger partial charge in [0.25, 0.3) is 0 Å². The zero-order chi connectivity index (χ0) is 19.1. The lowest BCUT2D eigenvalue weighted by molar-refractivity contribution is -0.0390. The number of likely N-dealkylation sites (tertiary alicyclic amines) is 1. The molecule has 1 aromatic rings. The van der Waals surface area contributed by atoms with Crippen molar-refractivity contribution in [2.45, 2.75) is 52.4 Å². The number of rotatable bonds is 5. The summed E-state index contributed by atoms with van der Waals surface area (Å²) in [7, 11) is 1.88. The number of halogens is 1. The maximum Gasteiger partial charge on any atom is 0.193 e. The molecule has 2 aliphatic rings. The molecule has 1 aromatic carbocycles. The molecule has 158 valence electrons. The minimum Gasteiger partial charge on any atom is -0.381 e. The number of hydrogen-bond donors (Lipinski definition) is 1. The molecule has 0 aromatic heterocycles. The SMILES string of the molecule is CN=C(NCc1cccc(COC2CCOCC2)c1)N1CC(C)CC(C)C1.I. The van der Waals surface area contributed by atoms with E-state index in [0.29, 0.717) is 12.7 Å². The Balaban J connectivity index is 0.00000280. The van der Waals surface area contributed by atoms with Crippen molar-refractivity contribution in [3.63, 3.8) is 0 Å². The minimum absolute atomic E-state index is 0. The van der Waals surface area contributed by atoms with Gasteiger partial charge < -0.3 is 19.7 Å². The molecule has 2 heterocycles. The Labute approximate surface area is 187 Å². The summed E-state index contributed by atoms with van der Waals surface area (Å²) in [6.07, 6.45) is 3.65. The van der Waals surface area contributed by atoms with E-state index in [1.54, 1.807) is 0 Å². The van der Waals surface area contributed by atoms with E-state index in [1.165, 1.54) is 17.5 Å². The number of guanidine groups is 1. The predicted molar refractivity (Wildman–Crippen MR) is 125 cm³/mol. The van der Waals surface area contributed by atoms with Crippen molar-refractivity contribution in [2.75, 3.05) is 33.4 Å². The van der Waals surface area contributed by atoms with Gasteiger partial charge in [-0.3, -0.25) is 4.99 Å². The van der Waals surface area contributed by atoms with E-state index in [4.69, 9.17) is 9.47 Å². The normalized spacial score (nSPS) is 24.0. The second-order valence-electron chi connectivity index (χ2n) is 8.19. The quantitative estimate of drug-likeness (QED) is 0.376. The van der Waals surface area contributed by atoms with Crippen molar-refractivity contribution in [2.24, 2.45) is 16.8 Å². The standard InChI is InChI=1S/C22H35N3O2.HI/c1-17-11-18(2)15-25(14-17)22(23-3)24-13-19-5-4-6-20(12-19)16-27-21-7-9-26-10-8-21;/h4-6,12,17-18,21H,7-11,13-16H2,1-3H3,(H,23,24);1H. The smallest absolute Gasteiger partial charge is 0.193 e. The molecular weight excluding hydrogens is 465 g/mol. The monoisotopic (exact) mass is 501 g/mol. The molecule has 2 fully saturated rings. The third-order valence-electron chi connectivity index (χ3n) is 5.48. The number of benzene rings is 1. The highest BCUT2D eigenvalue weighted by Gasteiger charge is 2.23. The molecule has 3 rings (SSSR count). The molecule has 2 aliphatic heterocycles. The molecule has 0 saturated carbocycles. The van der Waals surface area contributed by atoms with E-state index in [2.05, 4.69) is 53.3 Å². The van der Waals surface area contributed by atoms with E-state index in [-0.39, 0.29) is 24.0 Å². The van der Waals surface area contributed by atoms with E-state index in [9.17, 15) is 0 Å². The first kappa shape index (κ1) is 23.4. The van der Waals surface area contributed by atoms with Crippen molar-refractivity contribution in [1.82, 2.24) is 10.2 Å². The van der Waals surface area contributed by atoms with Gasteiger partial charge in [-0.2, -0.15) is 0 Å². The lowest BCUT2D eigenvalue weighted by Crippen LogP contribution is -2.48. The molecule has 0 radical (unpaired) electrons. The number of aliphatic imine (C=N–C) groups is 1. The number of nitrogens with one attached hydrogen (secondary N) is 1. The number of nitrogens with zero attached hydrogens (tertiary/aromatic N) is 2. The molecule has 2 unspecified atom stereocenters. The van der Waals surface area contributed by atoms with Gasteiger partial charge in [-0.25, -0.2) is 0 Å². The molecule has 28 heavy (non-hydrogen) atoms. The first-order valence-corrected chi connectivity index (χ1v) is 10.4. The zero-order valence-electron chi connectivity index (χ0n) is 17.5. The van der Waals surface area contributed by atoms with E-state index >= 15 is 0 Å². The van der Waals surface area contributed by atoms with Gasteiger partial charge in [0.1, 0.15) is 0 Å². The topological polar surface area (TPSA) is 46.1 Å². The van der Waals surface area contributed by atoms with Gasteiger partial charge >= 0.3 is 0 Å². The van der Waals surface area contributed by atoms with Crippen molar-refractivity contribution < 1.29 is 9.47 Å². The maximum absolute atomic E-state index is 6.06. The summed E-state index contributed by atoms with van der Waals surface area (Å²) in [5.74, 6) is 2.45. The summed E-state index contributed by atoms with van der Waals surface area (Å²) < 4.78 is 11.5. The average Bonchev–Trinajstić information content (AvgIpc) is 2.67. The van der Waals surface area contributed by atoms with Gasteiger partial charge in [0.2, 0.25) is 0 Å². The second-order valence-corrected chi connectivity index (χ2v) is 8.19. The lowest BCUT2D eigenvalue weighted by Gasteiger charge is -2.37. The highest BCUT2D eigenvalue weighted by molar-refractivity contribution is 14.0. The first-order valence-electron chi connectivity index (χ1n) is 10.4. The van der Waals surface area contributed by atoms with Crippen molar-refractivity contribution in [3.8, 4) is 0 Å². The first-order chi connectivity index (χ1) is 13.1. The van der Waals surface area contributed by atoms with Crippen molar-refractivity contribution >= 4 is 29.9 Å². The Bertz CT molecular complexity index is 610. The molecule has 2 atom stereocenters. The van der Waals surface area contributed by atoms with Crippen LogP contribution >= 0.6 is 24.0 Å². The van der Waals surface area contributed by atoms with Crippen LogP contribution in [0.1, 0.15) is 44.2 Å². The zero-order valence-corrected chi connectivity index (χ0v) is 19.9. The van der Waals surface area contributed by atoms with Crippen LogP contribution in [0.5, 0.6) is 0 Å². The third kappa shape index (κ3) is 7.19. The molecule has 0 aliphatic carbocycles. The largest absolute Gasteiger partial charge is 0.381 e. The van der Waals surface area contributed by atoms with Gasteiger partial charge in [0.05, 0.1) is 12.7 Å². The van der Waals surface area contributed by atoms with Crippen LogP contribution in [-0.4, -0.2) is 50.3 Å². The Kier molecular flexibility index (Phi) is 10.0. The summed E-state index contributed by atoms with van der Waals surface area (Å²) in [6, 6.07) is 8.67. The van der Waals surface area contributed by atoms with E-state index in [0.717, 1.165) is 63.5 Å². The third-order valence-corrected chi connectivity index (χ3v) is 5.48. The fourth-order valence-corrected chi connectivity index (χ4v) is 4.24. The van der Waals surface area contributed by atoms with Crippen molar-refractivity contribution in [3.05, 3.63) is 35.4 Å². The molecule has 0 bridgehead atoms. The average molecular weight is 501 g/mol. The lowest BCUT2D eigenvalue weighted by atomic mass is 9.92. The van der Waals surface area contributed by atoms with Gasteiger partial charge in [-0.1, -0.05) is 38.1 Å². The van der Waals surface area contributed by atoms with Gasteiger partial charge in [0, 0.05) is 39.9 Å². The summed E-state index contributed by atoms with van der Waals surface area (Å²) >= 11 is 0. The molecular formula is C22H36IN3O2. The maximum atomic E-state index is 6.06. The molecule has 0 spiro atoms. The van der Waals surface area contributed by atoms with Gasteiger partial charge in [0.15, 0.2) is 5.96 Å². The highest BCUT2D eigenvalue weighted by atomic mass is 127. The van der Waals surface area contributed by atoms with Gasteiger partial charge in [-0.15, -0.1) is 24.0 Å². The van der Waals surface area contributed by atoms with E-state index in [1.807, 2.05) is 7.05 Å². The number of hydrogen-bond acceptors (Lipinski definition) is 3. The number of ether oxygens (including phenoxy) is 2. The molecule has 0 amide bonds. The van der Waals surface area contributed by atoms with Crippen LogP contribution in [-0.2, 0) is 22.6 Å². The Morgan fingerprint density at radius 3 is 2.54 bits per heavy atom. The number of piperidine rings is 1. The molecule has 6 heteroatoms. The fourth-order valence-electron chi connectivity index (χ4n) is 4.24. The van der Waals surface area contributed by atoms with Crippen LogP contribution in [0.4, 0.5) is 0 Å². The van der Waals surface area contributed by atoms with Crippen LogP contribution in [0.3, 0.4) is 0 Å². The minimum atomic E-state index is 0. The molecule has 5 nitrogen and oxygen atoms in total. The van der Waals surface area contributed by atoms with Gasteiger partial charge in [-0.05, 0) is 42.2 Å². The van der Waals surface area contributed by atoms with Crippen molar-refractivity contribution in [1.29, 1.82) is 0 Å². The summed E-state index contributed by atoms with van der Waals surface area (Å²) in [5.41, 5.74) is 2.50. The second kappa shape index (κ2) is 12.0. The van der Waals surface area contributed by atoms with E-state index < -0.39 is 0 Å². The van der Waals surface area contributed by atoms with Crippen LogP contribution in [0.2, 0.25) is 0 Å². The van der Waals surface area contributed by atoms with Crippen LogP contribution in [0, 0.1) is 11.8 Å². The summed E-state index contributed by atoms with van der Waals surface area (Å²) in [4.78, 5) is 6.91. The van der Waals surface area contributed by atoms with Crippen LogP contribution in [0.15, 0.2) is 29.3 Å². The Morgan fingerprint density at radius 2 is 1.86 bits per heavy atom. The molecule has 2 saturated heterocycles. The summed E-state index contributed by atoms with van der Waals surface area (Å²) in [5, 5.41) is 3.55. The van der Waals surface area contributed by atoms with Crippen LogP contribution in [0.25, 0.3) is 0 Å². The summed E-state index contributed by atoms with van der Waals surface area (Å²) in [6.45, 7) is 9.94. The fraction of sp³-hybridized carbons (Fsp3) is 0.682. The predicted octanol–water partition coefficient (Wildman–Crippen LogP) is 4.05. The Hall–Kier alpha value is -0.860.